The third kappa shape index (κ3) is 2.84. The molecule has 0 N–H and O–H groups in total. The highest BCUT2D eigenvalue weighted by Crippen LogP contribution is 2.13. The van der Waals surface area contributed by atoms with Crippen LogP contribution in [-0.2, 0) is 11.3 Å². The Hall–Kier alpha value is -2.68. The summed E-state index contributed by atoms with van der Waals surface area (Å²) >= 11 is 1.19. The summed E-state index contributed by atoms with van der Waals surface area (Å²) in [5, 5.41) is 4.56. The monoisotopic (exact) mass is 317 g/mol. The first-order chi connectivity index (χ1) is 10.5. The van der Waals surface area contributed by atoms with E-state index in [-0.39, 0.29) is 17.9 Å². The molecule has 3 rings (SSSR count). The summed E-state index contributed by atoms with van der Waals surface area (Å²) < 4.78 is 6.30. The van der Waals surface area contributed by atoms with E-state index in [4.69, 9.17) is 4.74 Å². The molecule has 8 nitrogen and oxygen atoms in total. The number of hydrogen-bond donors (Lipinski definition) is 0. The minimum Gasteiger partial charge on any atom is -0.453 e. The van der Waals surface area contributed by atoms with Crippen LogP contribution in [0.1, 0.15) is 26.9 Å². The van der Waals surface area contributed by atoms with Gasteiger partial charge in [-0.3, -0.25) is 9.78 Å². The van der Waals surface area contributed by atoms with Gasteiger partial charge < -0.3 is 4.74 Å². The SMILES string of the molecule is Cc1cnc(C(=O)OCc2nn3c(=O)cc(C)nc3s2)cn1. The Kier molecular flexibility index (Phi) is 3.63. The van der Waals surface area contributed by atoms with Gasteiger partial charge in [0.2, 0.25) is 4.96 Å². The van der Waals surface area contributed by atoms with E-state index in [0.717, 1.165) is 0 Å². The molecule has 112 valence electrons. The van der Waals surface area contributed by atoms with Crippen molar-refractivity contribution in [2.45, 2.75) is 20.5 Å². The highest BCUT2D eigenvalue weighted by atomic mass is 32.1. The maximum atomic E-state index is 11.8. The molecule has 22 heavy (non-hydrogen) atoms. The average Bonchev–Trinajstić information content (AvgIpc) is 2.89. The summed E-state index contributed by atoms with van der Waals surface area (Å²) in [4.78, 5) is 36.2. The smallest absolute Gasteiger partial charge is 0.358 e. The van der Waals surface area contributed by atoms with Crippen LogP contribution in [0.25, 0.3) is 4.96 Å². The first kappa shape index (κ1) is 14.3. The van der Waals surface area contributed by atoms with Crippen molar-refractivity contribution in [3.8, 4) is 0 Å². The molecule has 0 saturated heterocycles. The molecule has 0 atom stereocenters. The molecule has 3 aromatic heterocycles. The van der Waals surface area contributed by atoms with E-state index in [1.807, 2.05) is 0 Å². The molecule has 9 heteroatoms. The molecule has 0 aliphatic rings. The van der Waals surface area contributed by atoms with Crippen molar-refractivity contribution in [3.63, 3.8) is 0 Å². The lowest BCUT2D eigenvalue weighted by atomic mass is 10.4. The minimum absolute atomic E-state index is 0.0547. The summed E-state index contributed by atoms with van der Waals surface area (Å²) in [6.07, 6.45) is 2.84. The zero-order valence-electron chi connectivity index (χ0n) is 11.8. The van der Waals surface area contributed by atoms with Gasteiger partial charge in [0.25, 0.3) is 5.56 Å². The maximum Gasteiger partial charge on any atom is 0.358 e. The van der Waals surface area contributed by atoms with Gasteiger partial charge in [0.05, 0.1) is 11.9 Å². The van der Waals surface area contributed by atoms with Gasteiger partial charge >= 0.3 is 5.97 Å². The molecule has 0 saturated carbocycles. The Morgan fingerprint density at radius 3 is 2.82 bits per heavy atom. The number of aryl methyl sites for hydroxylation is 2. The Bertz CT molecular complexity index is 900. The number of esters is 1. The minimum atomic E-state index is -0.594. The fraction of sp³-hybridized carbons (Fsp3) is 0.231. The zero-order valence-corrected chi connectivity index (χ0v) is 12.6. The van der Waals surface area contributed by atoms with Crippen molar-refractivity contribution in [1.29, 1.82) is 0 Å². The van der Waals surface area contributed by atoms with Crippen LogP contribution in [0.2, 0.25) is 0 Å². The van der Waals surface area contributed by atoms with Crippen LogP contribution < -0.4 is 5.56 Å². The Labute approximate surface area is 128 Å². The first-order valence-electron chi connectivity index (χ1n) is 6.35. The lowest BCUT2D eigenvalue weighted by Gasteiger charge is -2.01. The normalized spacial score (nSPS) is 10.8. The van der Waals surface area contributed by atoms with Crippen molar-refractivity contribution < 1.29 is 9.53 Å². The summed E-state index contributed by atoms with van der Waals surface area (Å²) in [5.74, 6) is -0.594. The fourth-order valence-electron chi connectivity index (χ4n) is 1.72. The molecule has 0 aliphatic heterocycles. The van der Waals surface area contributed by atoms with E-state index in [2.05, 4.69) is 20.1 Å². The fourth-order valence-corrected chi connectivity index (χ4v) is 2.58. The van der Waals surface area contributed by atoms with Crippen LogP contribution in [0, 0.1) is 13.8 Å². The molecule has 0 aromatic carbocycles. The molecular formula is C13H11N5O3S. The lowest BCUT2D eigenvalue weighted by Crippen LogP contribution is -2.14. The van der Waals surface area contributed by atoms with E-state index in [1.165, 1.54) is 34.3 Å². The largest absolute Gasteiger partial charge is 0.453 e. The van der Waals surface area contributed by atoms with E-state index in [1.54, 1.807) is 13.8 Å². The molecule has 0 aliphatic carbocycles. The van der Waals surface area contributed by atoms with Gasteiger partial charge in [-0.05, 0) is 13.8 Å². The molecule has 0 unspecified atom stereocenters. The second-order valence-electron chi connectivity index (χ2n) is 4.55. The van der Waals surface area contributed by atoms with Crippen molar-refractivity contribution in [2.24, 2.45) is 0 Å². The number of aromatic nitrogens is 5. The van der Waals surface area contributed by atoms with E-state index < -0.39 is 5.97 Å². The van der Waals surface area contributed by atoms with E-state index in [9.17, 15) is 9.59 Å². The summed E-state index contributed by atoms with van der Waals surface area (Å²) in [6, 6.07) is 1.39. The van der Waals surface area contributed by atoms with Crippen LogP contribution in [-0.4, -0.2) is 30.5 Å². The van der Waals surface area contributed by atoms with Crippen LogP contribution in [0.15, 0.2) is 23.3 Å². The second kappa shape index (κ2) is 5.60. The molecule has 3 heterocycles. The molecular weight excluding hydrogens is 306 g/mol. The topological polar surface area (TPSA) is 99.3 Å². The number of rotatable bonds is 3. The van der Waals surface area contributed by atoms with E-state index >= 15 is 0 Å². The third-order valence-corrected chi connectivity index (χ3v) is 3.61. The van der Waals surface area contributed by atoms with E-state index in [0.29, 0.717) is 21.4 Å². The first-order valence-corrected chi connectivity index (χ1v) is 7.17. The molecule has 0 radical (unpaired) electrons. The summed E-state index contributed by atoms with van der Waals surface area (Å²) in [7, 11) is 0. The number of carbonyl (C=O) groups is 1. The number of hydrogen-bond acceptors (Lipinski definition) is 8. The molecule has 0 spiro atoms. The van der Waals surface area contributed by atoms with Crippen molar-refractivity contribution >= 4 is 22.3 Å². The quantitative estimate of drug-likeness (QED) is 0.662. The maximum absolute atomic E-state index is 11.8. The second-order valence-corrected chi connectivity index (χ2v) is 5.59. The molecule has 3 aromatic rings. The predicted octanol–water partition coefficient (Wildman–Crippen LogP) is 0.915. The van der Waals surface area contributed by atoms with Crippen LogP contribution in [0.4, 0.5) is 0 Å². The molecule has 0 amide bonds. The van der Waals surface area contributed by atoms with Crippen molar-refractivity contribution in [3.05, 3.63) is 50.9 Å². The van der Waals surface area contributed by atoms with Crippen LogP contribution in [0.5, 0.6) is 0 Å². The third-order valence-electron chi connectivity index (χ3n) is 2.73. The number of ether oxygens (including phenoxy) is 1. The van der Waals surface area contributed by atoms with Gasteiger partial charge in [-0.25, -0.2) is 14.8 Å². The standard InChI is InChI=1S/C13H11N5O3S/c1-7-3-11(19)18-13(16-7)22-10(17-18)6-21-12(20)9-5-14-8(2)4-15-9/h3-5H,6H2,1-2H3. The van der Waals surface area contributed by atoms with Gasteiger partial charge in [0.15, 0.2) is 10.7 Å². The Morgan fingerprint density at radius 2 is 2.09 bits per heavy atom. The van der Waals surface area contributed by atoms with Gasteiger partial charge in [0.1, 0.15) is 6.61 Å². The van der Waals surface area contributed by atoms with Gasteiger partial charge in [-0.15, -0.1) is 0 Å². The van der Waals surface area contributed by atoms with Crippen LogP contribution >= 0.6 is 11.3 Å². The number of carbonyl (C=O) groups excluding carboxylic acids is 1. The molecule has 0 bridgehead atoms. The van der Waals surface area contributed by atoms with Crippen molar-refractivity contribution in [1.82, 2.24) is 24.6 Å². The van der Waals surface area contributed by atoms with Crippen molar-refractivity contribution in [2.75, 3.05) is 0 Å². The zero-order chi connectivity index (χ0) is 15.7. The van der Waals surface area contributed by atoms with Gasteiger partial charge in [0, 0.05) is 18.0 Å². The lowest BCUT2D eigenvalue weighted by molar-refractivity contribution is 0.0464. The summed E-state index contributed by atoms with van der Waals surface area (Å²) in [5.41, 5.74) is 1.19. The highest BCUT2D eigenvalue weighted by molar-refractivity contribution is 7.16. The highest BCUT2D eigenvalue weighted by Gasteiger charge is 2.12. The molecule has 0 fully saturated rings. The van der Waals surface area contributed by atoms with Gasteiger partial charge in [-0.2, -0.15) is 9.61 Å². The predicted molar refractivity (Wildman–Crippen MR) is 77.8 cm³/mol. The Balaban J connectivity index is 1.76. The van der Waals surface area contributed by atoms with Gasteiger partial charge in [-0.1, -0.05) is 11.3 Å². The average molecular weight is 317 g/mol. The number of nitrogens with zero attached hydrogens (tertiary/aromatic N) is 5. The summed E-state index contributed by atoms with van der Waals surface area (Å²) in [6.45, 7) is 3.45. The van der Waals surface area contributed by atoms with Crippen LogP contribution in [0.3, 0.4) is 0 Å². The number of fused-ring (bicyclic) bond motifs is 1. The Morgan fingerprint density at radius 1 is 1.27 bits per heavy atom.